The summed E-state index contributed by atoms with van der Waals surface area (Å²) in [6, 6.07) is -1.68. The summed E-state index contributed by atoms with van der Waals surface area (Å²) < 4.78 is 5.22. The molecule has 0 aliphatic carbocycles. The summed E-state index contributed by atoms with van der Waals surface area (Å²) in [6.45, 7) is 7.44. The van der Waals surface area contributed by atoms with E-state index in [9.17, 15) is 19.2 Å². The highest BCUT2D eigenvalue weighted by atomic mass is 16.5. The minimum atomic E-state index is -1.17. The molecule has 1 rings (SSSR count). The van der Waals surface area contributed by atoms with Crippen LogP contribution in [0, 0.1) is 5.92 Å². The molecule has 0 spiro atoms. The molecule has 27 heavy (non-hydrogen) atoms. The van der Waals surface area contributed by atoms with Crippen molar-refractivity contribution in [2.24, 2.45) is 5.92 Å². The van der Waals surface area contributed by atoms with Gasteiger partial charge in [-0.1, -0.05) is 13.8 Å². The Bertz CT molecular complexity index is 534. The SMILES string of the molecule is CC(C)C[C@H](NC(=O)[C@H](C)NC(=O)CN1CCOCC1)C(=O)NCC(=O)O. The van der Waals surface area contributed by atoms with Crippen molar-refractivity contribution >= 4 is 23.7 Å². The number of carboxylic acids is 1. The molecule has 0 aromatic rings. The van der Waals surface area contributed by atoms with Crippen LogP contribution in [0.2, 0.25) is 0 Å². The number of ether oxygens (including phenoxy) is 1. The molecule has 1 heterocycles. The molecule has 1 fully saturated rings. The zero-order chi connectivity index (χ0) is 20.4. The fourth-order valence-electron chi connectivity index (χ4n) is 2.60. The molecule has 1 saturated heterocycles. The maximum atomic E-state index is 12.3. The molecular weight excluding hydrogens is 356 g/mol. The van der Waals surface area contributed by atoms with Gasteiger partial charge in [-0.3, -0.25) is 24.1 Å². The lowest BCUT2D eigenvalue weighted by Gasteiger charge is -2.27. The first-order valence-electron chi connectivity index (χ1n) is 9.08. The average Bonchev–Trinajstić information content (AvgIpc) is 2.59. The number of hydrogen-bond acceptors (Lipinski definition) is 6. The Labute approximate surface area is 159 Å². The smallest absolute Gasteiger partial charge is 0.322 e. The van der Waals surface area contributed by atoms with Crippen LogP contribution in [-0.4, -0.2) is 85.2 Å². The van der Waals surface area contributed by atoms with E-state index in [1.807, 2.05) is 18.7 Å². The Morgan fingerprint density at radius 3 is 2.22 bits per heavy atom. The van der Waals surface area contributed by atoms with Gasteiger partial charge in [0.05, 0.1) is 19.8 Å². The predicted molar refractivity (Wildman–Crippen MR) is 96.9 cm³/mol. The lowest BCUT2D eigenvalue weighted by Crippen LogP contribution is -2.54. The van der Waals surface area contributed by atoms with E-state index in [-0.39, 0.29) is 18.4 Å². The molecule has 10 heteroatoms. The van der Waals surface area contributed by atoms with E-state index in [4.69, 9.17) is 9.84 Å². The Morgan fingerprint density at radius 1 is 1.04 bits per heavy atom. The van der Waals surface area contributed by atoms with Crippen molar-refractivity contribution in [1.82, 2.24) is 20.9 Å². The molecule has 4 N–H and O–H groups in total. The number of carbonyl (C=O) groups is 4. The Morgan fingerprint density at radius 2 is 1.67 bits per heavy atom. The highest BCUT2D eigenvalue weighted by Gasteiger charge is 2.25. The number of nitrogens with zero attached hydrogens (tertiary/aromatic N) is 1. The van der Waals surface area contributed by atoms with Crippen LogP contribution in [0.25, 0.3) is 0 Å². The zero-order valence-electron chi connectivity index (χ0n) is 16.1. The summed E-state index contributed by atoms with van der Waals surface area (Å²) in [5.41, 5.74) is 0. The van der Waals surface area contributed by atoms with Crippen LogP contribution in [0.15, 0.2) is 0 Å². The number of nitrogens with one attached hydrogen (secondary N) is 3. The van der Waals surface area contributed by atoms with Gasteiger partial charge < -0.3 is 25.8 Å². The Hall–Kier alpha value is -2.20. The highest BCUT2D eigenvalue weighted by Crippen LogP contribution is 2.05. The lowest BCUT2D eigenvalue weighted by atomic mass is 10.0. The minimum Gasteiger partial charge on any atom is -0.480 e. The van der Waals surface area contributed by atoms with Gasteiger partial charge in [0.15, 0.2) is 0 Å². The number of rotatable bonds is 10. The number of amides is 3. The number of carboxylic acid groups (broad SMARTS) is 1. The summed E-state index contributed by atoms with van der Waals surface area (Å²) in [4.78, 5) is 49.1. The fraction of sp³-hybridized carbons (Fsp3) is 0.765. The standard InChI is InChI=1S/C17H30N4O6/c1-11(2)8-13(17(26)18-9-15(23)24)20-16(25)12(3)19-14(22)10-21-4-6-27-7-5-21/h11-13H,4-10H2,1-3H3,(H,18,26)(H,19,22)(H,20,25)(H,23,24)/t12-,13-/m0/s1. The molecule has 154 valence electrons. The molecule has 1 aliphatic heterocycles. The van der Waals surface area contributed by atoms with Crippen molar-refractivity contribution in [3.8, 4) is 0 Å². The molecular formula is C17H30N4O6. The third-order valence-electron chi connectivity index (χ3n) is 4.00. The first kappa shape index (κ1) is 22.8. The minimum absolute atomic E-state index is 0.108. The quantitative estimate of drug-likeness (QED) is 0.361. The predicted octanol–water partition coefficient (Wildman–Crippen LogP) is -1.44. The lowest BCUT2D eigenvalue weighted by molar-refractivity contribution is -0.138. The van der Waals surface area contributed by atoms with Crippen molar-refractivity contribution in [3.05, 3.63) is 0 Å². The Balaban J connectivity index is 2.52. The van der Waals surface area contributed by atoms with Crippen molar-refractivity contribution in [3.63, 3.8) is 0 Å². The van der Waals surface area contributed by atoms with Crippen LogP contribution in [-0.2, 0) is 23.9 Å². The molecule has 0 aromatic heterocycles. The summed E-state index contributed by atoms with van der Waals surface area (Å²) in [6.07, 6.45) is 0.353. The van der Waals surface area contributed by atoms with E-state index < -0.39 is 36.4 Å². The van der Waals surface area contributed by atoms with Gasteiger partial charge in [0.1, 0.15) is 18.6 Å². The number of morpholine rings is 1. The van der Waals surface area contributed by atoms with Gasteiger partial charge in [0, 0.05) is 13.1 Å². The number of hydrogen-bond donors (Lipinski definition) is 4. The molecule has 0 aromatic carbocycles. The van der Waals surface area contributed by atoms with E-state index in [0.717, 1.165) is 0 Å². The molecule has 3 amide bonds. The Kier molecular flexibility index (Phi) is 9.73. The van der Waals surface area contributed by atoms with Gasteiger partial charge in [0.2, 0.25) is 17.7 Å². The fourth-order valence-corrected chi connectivity index (χ4v) is 2.60. The van der Waals surface area contributed by atoms with E-state index in [2.05, 4.69) is 16.0 Å². The van der Waals surface area contributed by atoms with Crippen LogP contribution >= 0.6 is 0 Å². The zero-order valence-corrected chi connectivity index (χ0v) is 16.1. The van der Waals surface area contributed by atoms with Crippen LogP contribution in [0.3, 0.4) is 0 Å². The van der Waals surface area contributed by atoms with E-state index >= 15 is 0 Å². The average molecular weight is 386 g/mol. The largest absolute Gasteiger partial charge is 0.480 e. The first-order valence-corrected chi connectivity index (χ1v) is 9.08. The molecule has 1 aliphatic rings. The molecule has 0 saturated carbocycles. The normalized spacial score (nSPS) is 17.0. The second-order valence-corrected chi connectivity index (χ2v) is 6.98. The topological polar surface area (TPSA) is 137 Å². The van der Waals surface area contributed by atoms with Crippen molar-refractivity contribution in [2.75, 3.05) is 39.4 Å². The second kappa shape index (κ2) is 11.5. The van der Waals surface area contributed by atoms with Crippen molar-refractivity contribution in [1.29, 1.82) is 0 Å². The van der Waals surface area contributed by atoms with Gasteiger partial charge in [-0.2, -0.15) is 0 Å². The summed E-state index contributed by atoms with van der Waals surface area (Å²) in [5, 5.41) is 16.1. The third kappa shape index (κ3) is 9.34. The third-order valence-corrected chi connectivity index (χ3v) is 4.00. The molecule has 2 atom stereocenters. The maximum absolute atomic E-state index is 12.3. The van der Waals surface area contributed by atoms with Gasteiger partial charge in [-0.25, -0.2) is 0 Å². The van der Waals surface area contributed by atoms with Gasteiger partial charge in [-0.05, 0) is 19.3 Å². The summed E-state index contributed by atoms with van der Waals surface area (Å²) in [7, 11) is 0. The molecule has 10 nitrogen and oxygen atoms in total. The van der Waals surface area contributed by atoms with E-state index in [0.29, 0.717) is 32.7 Å². The monoisotopic (exact) mass is 386 g/mol. The van der Waals surface area contributed by atoms with Gasteiger partial charge >= 0.3 is 5.97 Å². The maximum Gasteiger partial charge on any atom is 0.322 e. The van der Waals surface area contributed by atoms with E-state index in [1.54, 1.807) is 0 Å². The first-order chi connectivity index (χ1) is 12.7. The number of aliphatic carboxylic acids is 1. The second-order valence-electron chi connectivity index (χ2n) is 6.98. The summed E-state index contributed by atoms with van der Waals surface area (Å²) in [5.74, 6) is -2.40. The summed E-state index contributed by atoms with van der Waals surface area (Å²) >= 11 is 0. The molecule has 0 radical (unpaired) electrons. The van der Waals surface area contributed by atoms with Crippen LogP contribution < -0.4 is 16.0 Å². The highest BCUT2D eigenvalue weighted by molar-refractivity contribution is 5.92. The number of carbonyl (C=O) groups excluding carboxylic acids is 3. The van der Waals surface area contributed by atoms with Crippen LogP contribution in [0.1, 0.15) is 27.2 Å². The van der Waals surface area contributed by atoms with Crippen molar-refractivity contribution < 1.29 is 29.0 Å². The van der Waals surface area contributed by atoms with Crippen LogP contribution in [0.4, 0.5) is 0 Å². The van der Waals surface area contributed by atoms with Crippen LogP contribution in [0.5, 0.6) is 0 Å². The molecule has 0 unspecified atom stereocenters. The van der Waals surface area contributed by atoms with Gasteiger partial charge in [-0.15, -0.1) is 0 Å². The molecule has 0 bridgehead atoms. The van der Waals surface area contributed by atoms with Gasteiger partial charge in [0.25, 0.3) is 0 Å². The van der Waals surface area contributed by atoms with Crippen molar-refractivity contribution in [2.45, 2.75) is 39.3 Å². The van der Waals surface area contributed by atoms with E-state index in [1.165, 1.54) is 6.92 Å².